The minimum atomic E-state index is -4.19. The van der Waals surface area contributed by atoms with Gasteiger partial charge in [-0.25, -0.2) is 4.39 Å². The molecule has 2 heterocycles. The van der Waals surface area contributed by atoms with E-state index in [-0.39, 0.29) is 24.6 Å². The molecule has 11 heteroatoms. The largest absolute Gasteiger partial charge is 0.396 e. The summed E-state index contributed by atoms with van der Waals surface area (Å²) in [6, 6.07) is 9.55. The first-order chi connectivity index (χ1) is 18.1. The van der Waals surface area contributed by atoms with Crippen molar-refractivity contribution in [1.29, 1.82) is 0 Å². The minimum Gasteiger partial charge on any atom is -0.396 e. The number of nitrogens with one attached hydrogen (secondary N) is 1. The number of benzene rings is 2. The third kappa shape index (κ3) is 7.81. The molecule has 38 heavy (non-hydrogen) atoms. The van der Waals surface area contributed by atoms with Gasteiger partial charge < -0.3 is 15.3 Å². The van der Waals surface area contributed by atoms with E-state index in [4.69, 9.17) is 11.6 Å². The van der Waals surface area contributed by atoms with Crippen molar-refractivity contribution in [1.82, 2.24) is 9.80 Å². The Bertz CT molecular complexity index is 1110. The topological polar surface area (TPSA) is 59.1 Å². The second kappa shape index (κ2) is 12.6. The van der Waals surface area contributed by atoms with Crippen molar-refractivity contribution < 1.29 is 27.5 Å². The summed E-state index contributed by atoms with van der Waals surface area (Å²) in [5, 5.41) is 12.7. The molecule has 2 aliphatic heterocycles. The Labute approximate surface area is 225 Å². The van der Waals surface area contributed by atoms with E-state index in [2.05, 4.69) is 10.2 Å². The average Bonchev–Trinajstić information content (AvgIpc) is 2.88. The van der Waals surface area contributed by atoms with Gasteiger partial charge >= 0.3 is 6.18 Å². The van der Waals surface area contributed by atoms with E-state index in [1.807, 2.05) is 4.90 Å². The highest BCUT2D eigenvalue weighted by atomic mass is 35.5. The highest BCUT2D eigenvalue weighted by molar-refractivity contribution is 6.31. The van der Waals surface area contributed by atoms with Crippen LogP contribution in [0.2, 0.25) is 5.02 Å². The quantitative estimate of drug-likeness (QED) is 0.448. The van der Waals surface area contributed by atoms with Crippen molar-refractivity contribution in [2.24, 2.45) is 5.92 Å². The molecule has 1 amide bonds. The number of aliphatic hydroxyl groups is 1. The van der Waals surface area contributed by atoms with Crippen LogP contribution in [0.3, 0.4) is 0 Å². The van der Waals surface area contributed by atoms with E-state index in [9.17, 15) is 27.5 Å². The van der Waals surface area contributed by atoms with Crippen LogP contribution in [-0.4, -0.2) is 79.4 Å². The number of hydrogen-bond acceptors (Lipinski definition) is 5. The lowest BCUT2D eigenvalue weighted by Crippen LogP contribution is -2.47. The number of carbonyl (C=O) groups excluding carboxylic acids is 1. The molecule has 0 aliphatic carbocycles. The first-order valence-electron chi connectivity index (χ1n) is 12.9. The van der Waals surface area contributed by atoms with Crippen molar-refractivity contribution in [2.75, 3.05) is 62.6 Å². The number of piperazine rings is 1. The average molecular weight is 557 g/mol. The second-order valence-electron chi connectivity index (χ2n) is 10.0. The number of halogens is 5. The number of carbonyl (C=O) groups is 1. The van der Waals surface area contributed by atoms with Crippen LogP contribution in [0.25, 0.3) is 0 Å². The first kappa shape index (κ1) is 28.6. The molecule has 0 spiro atoms. The predicted octanol–water partition coefficient (Wildman–Crippen LogP) is 5.01. The van der Waals surface area contributed by atoms with Crippen LogP contribution in [0.15, 0.2) is 36.4 Å². The molecule has 0 aromatic heterocycles. The van der Waals surface area contributed by atoms with Gasteiger partial charge in [0.25, 0.3) is 5.91 Å². The van der Waals surface area contributed by atoms with Gasteiger partial charge in [0.05, 0.1) is 23.4 Å². The highest BCUT2D eigenvalue weighted by Gasteiger charge is 2.29. The van der Waals surface area contributed by atoms with Gasteiger partial charge in [-0.15, -0.1) is 0 Å². The Morgan fingerprint density at radius 1 is 1.05 bits per heavy atom. The third-order valence-corrected chi connectivity index (χ3v) is 7.41. The maximum Gasteiger partial charge on any atom is 0.390 e. The molecule has 2 N–H and O–H groups in total. The number of hydrogen-bond donors (Lipinski definition) is 2. The molecule has 4 rings (SSSR count). The molecular weight excluding hydrogens is 524 g/mol. The monoisotopic (exact) mass is 556 g/mol. The summed E-state index contributed by atoms with van der Waals surface area (Å²) in [6.45, 7) is 4.12. The number of anilines is 2. The number of likely N-dealkylation sites (tertiary alicyclic amines) is 1. The lowest BCUT2D eigenvalue weighted by atomic mass is 9.98. The summed E-state index contributed by atoms with van der Waals surface area (Å²) in [5.41, 5.74) is 1.77. The fraction of sp³-hybridized carbons (Fsp3) is 0.519. The Hall–Kier alpha value is -2.40. The zero-order valence-electron chi connectivity index (χ0n) is 21.1. The van der Waals surface area contributed by atoms with Gasteiger partial charge in [0, 0.05) is 57.4 Å². The molecule has 2 aromatic rings. The van der Waals surface area contributed by atoms with Crippen LogP contribution in [-0.2, 0) is 6.54 Å². The number of amides is 1. The number of piperidine rings is 1. The van der Waals surface area contributed by atoms with Crippen molar-refractivity contribution in [3.8, 4) is 0 Å². The van der Waals surface area contributed by atoms with Crippen LogP contribution in [0.4, 0.5) is 28.9 Å². The standard InChI is InChI=1S/C27H33ClF4N4O2/c28-21-4-6-24(25(15-21)36-12-10-34(11-13-36)9-7-27(30,31)32)33-26(38)22-5-3-19(14-23(22)29)16-35-8-1-2-20(17-35)18-37/h3-6,14-15,20,37H,1-2,7-13,16-18H2,(H,33,38). The van der Waals surface area contributed by atoms with E-state index in [0.717, 1.165) is 31.5 Å². The first-order valence-corrected chi connectivity index (χ1v) is 13.3. The molecule has 0 saturated carbocycles. The molecule has 6 nitrogen and oxygen atoms in total. The van der Waals surface area contributed by atoms with E-state index in [0.29, 0.717) is 49.1 Å². The second-order valence-corrected chi connectivity index (χ2v) is 10.5. The van der Waals surface area contributed by atoms with Crippen molar-refractivity contribution in [3.05, 3.63) is 58.4 Å². The Morgan fingerprint density at radius 3 is 2.50 bits per heavy atom. The van der Waals surface area contributed by atoms with Crippen molar-refractivity contribution >= 4 is 28.9 Å². The Balaban J connectivity index is 1.40. The van der Waals surface area contributed by atoms with Gasteiger partial charge in [-0.3, -0.25) is 14.6 Å². The summed E-state index contributed by atoms with van der Waals surface area (Å²) in [5.74, 6) is -0.987. The normalized spacial score (nSPS) is 19.5. The SMILES string of the molecule is O=C(Nc1ccc(Cl)cc1N1CCN(CCC(F)(F)F)CC1)c1ccc(CN2CCCC(CO)C2)cc1F. The van der Waals surface area contributed by atoms with Crippen molar-refractivity contribution in [3.63, 3.8) is 0 Å². The summed E-state index contributed by atoms with van der Waals surface area (Å²) in [4.78, 5) is 18.9. The fourth-order valence-corrected chi connectivity index (χ4v) is 5.27. The minimum absolute atomic E-state index is 0.0501. The lowest BCUT2D eigenvalue weighted by molar-refractivity contribution is -0.138. The molecule has 2 fully saturated rings. The molecule has 1 unspecified atom stereocenters. The Morgan fingerprint density at radius 2 is 1.82 bits per heavy atom. The summed E-state index contributed by atoms with van der Waals surface area (Å²) in [6.07, 6.45) is -3.07. The number of aliphatic hydroxyl groups excluding tert-OH is 1. The highest BCUT2D eigenvalue weighted by Crippen LogP contribution is 2.31. The van der Waals surface area contributed by atoms with Gasteiger partial charge in [-0.1, -0.05) is 17.7 Å². The third-order valence-electron chi connectivity index (χ3n) is 7.18. The molecular formula is C27H33ClF4N4O2. The smallest absolute Gasteiger partial charge is 0.390 e. The summed E-state index contributed by atoms with van der Waals surface area (Å²) in [7, 11) is 0. The van der Waals surface area contributed by atoms with E-state index in [1.54, 1.807) is 29.2 Å². The number of nitrogens with zero attached hydrogens (tertiary/aromatic N) is 3. The predicted molar refractivity (Wildman–Crippen MR) is 140 cm³/mol. The van der Waals surface area contributed by atoms with Crippen LogP contribution in [0.5, 0.6) is 0 Å². The molecule has 208 valence electrons. The molecule has 2 aromatic carbocycles. The Kier molecular flexibility index (Phi) is 9.51. The fourth-order valence-electron chi connectivity index (χ4n) is 5.10. The summed E-state index contributed by atoms with van der Waals surface area (Å²) < 4.78 is 52.7. The van der Waals surface area contributed by atoms with Crippen LogP contribution in [0, 0.1) is 11.7 Å². The zero-order chi connectivity index (χ0) is 27.3. The molecule has 1 atom stereocenters. The molecule has 2 saturated heterocycles. The summed E-state index contributed by atoms with van der Waals surface area (Å²) >= 11 is 6.21. The number of rotatable bonds is 8. The van der Waals surface area contributed by atoms with Gasteiger partial charge in [-0.05, 0) is 61.2 Å². The van der Waals surface area contributed by atoms with E-state index >= 15 is 0 Å². The maximum atomic E-state index is 15.0. The zero-order valence-corrected chi connectivity index (χ0v) is 21.9. The maximum absolute atomic E-state index is 15.0. The number of alkyl halides is 3. The van der Waals surface area contributed by atoms with E-state index in [1.165, 1.54) is 12.1 Å². The van der Waals surface area contributed by atoms with Crippen LogP contribution in [0.1, 0.15) is 35.2 Å². The van der Waals surface area contributed by atoms with Gasteiger partial charge in [0.1, 0.15) is 5.82 Å². The van der Waals surface area contributed by atoms with E-state index < -0.39 is 24.3 Å². The van der Waals surface area contributed by atoms with Crippen LogP contribution < -0.4 is 10.2 Å². The van der Waals surface area contributed by atoms with Crippen molar-refractivity contribution in [2.45, 2.75) is 32.0 Å². The van der Waals surface area contributed by atoms with Gasteiger partial charge in [0.2, 0.25) is 0 Å². The van der Waals surface area contributed by atoms with Crippen LogP contribution >= 0.6 is 11.6 Å². The lowest BCUT2D eigenvalue weighted by Gasteiger charge is -2.37. The van der Waals surface area contributed by atoms with Gasteiger partial charge in [-0.2, -0.15) is 13.2 Å². The molecule has 0 bridgehead atoms. The molecule has 2 aliphatic rings. The van der Waals surface area contributed by atoms with Gasteiger partial charge in [0.15, 0.2) is 0 Å². The molecule has 0 radical (unpaired) electrons.